The predicted octanol–water partition coefficient (Wildman–Crippen LogP) is 4.56. The van der Waals surface area contributed by atoms with Crippen LogP contribution in [0.3, 0.4) is 0 Å². The van der Waals surface area contributed by atoms with Gasteiger partial charge in [-0.25, -0.2) is 4.68 Å². The number of benzene rings is 3. The maximum atomic E-state index is 10.2. The first-order chi connectivity index (χ1) is 16.7. The van der Waals surface area contributed by atoms with E-state index in [0.29, 0.717) is 11.7 Å². The lowest BCUT2D eigenvalue weighted by molar-refractivity contribution is 0.222. The van der Waals surface area contributed by atoms with Gasteiger partial charge in [-0.2, -0.15) is 10.1 Å². The van der Waals surface area contributed by atoms with Crippen LogP contribution in [-0.4, -0.2) is 34.1 Å². The Kier molecular flexibility index (Phi) is 4.65. The number of anilines is 1. The molecule has 0 bridgehead atoms. The van der Waals surface area contributed by atoms with Crippen LogP contribution in [0, 0.1) is 0 Å². The van der Waals surface area contributed by atoms with Crippen LogP contribution < -0.4 is 19.5 Å². The molecule has 170 valence electrons. The van der Waals surface area contributed by atoms with E-state index in [1.165, 1.54) is 6.33 Å². The normalized spacial score (nSPS) is 18.2. The number of nitrogens with zero attached hydrogens (tertiary/aromatic N) is 3. The third kappa shape index (κ3) is 3.14. The number of hydrogen-bond acceptors (Lipinski definition) is 7. The molecule has 3 aromatic carbocycles. The van der Waals surface area contributed by atoms with Gasteiger partial charge < -0.3 is 24.6 Å². The van der Waals surface area contributed by atoms with Crippen LogP contribution in [0.1, 0.15) is 28.8 Å². The van der Waals surface area contributed by atoms with Crippen LogP contribution in [0.15, 0.2) is 78.6 Å². The van der Waals surface area contributed by atoms with Gasteiger partial charge in [-0.3, -0.25) is 0 Å². The number of methoxy groups -OCH3 is 2. The topological polar surface area (TPSA) is 90.7 Å². The van der Waals surface area contributed by atoms with E-state index in [9.17, 15) is 5.11 Å². The second-order valence-corrected chi connectivity index (χ2v) is 8.11. The zero-order valence-corrected chi connectivity index (χ0v) is 18.6. The van der Waals surface area contributed by atoms with E-state index in [0.717, 1.165) is 39.5 Å². The van der Waals surface area contributed by atoms with Crippen LogP contribution in [-0.2, 0) is 0 Å². The number of aromatic hydroxyl groups is 1. The third-order valence-electron chi connectivity index (χ3n) is 6.25. The van der Waals surface area contributed by atoms with E-state index in [-0.39, 0.29) is 11.8 Å². The van der Waals surface area contributed by atoms with Crippen LogP contribution in [0.25, 0.3) is 5.70 Å². The van der Waals surface area contributed by atoms with E-state index in [1.807, 2.05) is 53.2 Å². The van der Waals surface area contributed by atoms with Crippen molar-refractivity contribution in [3.8, 4) is 23.0 Å². The van der Waals surface area contributed by atoms with Gasteiger partial charge in [0.15, 0.2) is 0 Å². The minimum Gasteiger partial charge on any atom is -0.508 e. The molecule has 0 spiro atoms. The van der Waals surface area contributed by atoms with Gasteiger partial charge in [-0.05, 0) is 53.6 Å². The van der Waals surface area contributed by atoms with E-state index >= 15 is 0 Å². The Balaban J connectivity index is 1.59. The number of nitrogens with one attached hydrogen (secondary N) is 1. The molecule has 2 unspecified atom stereocenters. The Morgan fingerprint density at radius 1 is 0.912 bits per heavy atom. The van der Waals surface area contributed by atoms with Crippen LogP contribution >= 0.6 is 0 Å². The molecule has 1 aromatic heterocycles. The summed E-state index contributed by atoms with van der Waals surface area (Å²) in [5.41, 5.74) is 4.56. The summed E-state index contributed by atoms with van der Waals surface area (Å²) in [5, 5.41) is 18.2. The molecule has 2 aliphatic heterocycles. The summed E-state index contributed by atoms with van der Waals surface area (Å²) < 4.78 is 19.1. The highest BCUT2D eigenvalue weighted by Crippen LogP contribution is 2.51. The minimum absolute atomic E-state index is 0.159. The highest BCUT2D eigenvalue weighted by molar-refractivity contribution is 5.85. The molecule has 8 heteroatoms. The Hall–Kier alpha value is -4.46. The number of rotatable bonds is 4. The van der Waals surface area contributed by atoms with Gasteiger partial charge in [0.05, 0.1) is 19.9 Å². The van der Waals surface area contributed by atoms with Crippen molar-refractivity contribution in [2.24, 2.45) is 0 Å². The van der Waals surface area contributed by atoms with Crippen LogP contribution in [0.4, 0.5) is 5.95 Å². The summed E-state index contributed by atoms with van der Waals surface area (Å²) >= 11 is 0. The van der Waals surface area contributed by atoms with Gasteiger partial charge in [0.2, 0.25) is 5.95 Å². The summed E-state index contributed by atoms with van der Waals surface area (Å²) in [7, 11) is 3.29. The predicted molar refractivity (Wildman–Crippen MR) is 126 cm³/mol. The molecular weight excluding hydrogens is 432 g/mol. The number of fused-ring (bicyclic) bond motifs is 3. The van der Waals surface area contributed by atoms with Crippen molar-refractivity contribution in [1.82, 2.24) is 14.8 Å². The largest absolute Gasteiger partial charge is 0.508 e. The molecule has 0 amide bonds. The van der Waals surface area contributed by atoms with Crippen molar-refractivity contribution in [3.05, 3.63) is 95.3 Å². The van der Waals surface area contributed by atoms with E-state index in [1.54, 1.807) is 32.4 Å². The smallest absolute Gasteiger partial charge is 0.226 e. The first-order valence-electron chi connectivity index (χ1n) is 10.8. The zero-order chi connectivity index (χ0) is 23.2. The molecule has 4 aromatic rings. The lowest BCUT2D eigenvalue weighted by Gasteiger charge is -2.39. The molecule has 8 nitrogen and oxygen atoms in total. The first-order valence-corrected chi connectivity index (χ1v) is 10.8. The molecule has 2 N–H and O–H groups in total. The Labute approximate surface area is 196 Å². The van der Waals surface area contributed by atoms with Crippen molar-refractivity contribution in [2.45, 2.75) is 12.1 Å². The molecule has 2 aliphatic rings. The molecule has 0 radical (unpaired) electrons. The monoisotopic (exact) mass is 454 g/mol. The lowest BCUT2D eigenvalue weighted by atomic mass is 9.84. The van der Waals surface area contributed by atoms with Crippen LogP contribution in [0.5, 0.6) is 23.0 Å². The minimum atomic E-state index is -0.407. The van der Waals surface area contributed by atoms with Gasteiger partial charge in [0.1, 0.15) is 41.5 Å². The van der Waals surface area contributed by atoms with Gasteiger partial charge in [0.25, 0.3) is 0 Å². The Morgan fingerprint density at radius 2 is 1.59 bits per heavy atom. The Morgan fingerprint density at radius 3 is 2.26 bits per heavy atom. The van der Waals surface area contributed by atoms with Crippen molar-refractivity contribution in [1.29, 1.82) is 0 Å². The number of hydrogen-bond donors (Lipinski definition) is 2. The number of phenols is 1. The number of ether oxygens (including phenoxy) is 3. The fourth-order valence-electron chi connectivity index (χ4n) is 4.62. The summed E-state index contributed by atoms with van der Waals surface area (Å²) in [6, 6.07) is 20.6. The quantitative estimate of drug-likeness (QED) is 0.467. The first kappa shape index (κ1) is 20.2. The van der Waals surface area contributed by atoms with E-state index in [4.69, 9.17) is 14.2 Å². The van der Waals surface area contributed by atoms with E-state index < -0.39 is 6.10 Å². The Bertz CT molecular complexity index is 1390. The number of aromatic nitrogens is 3. The summed E-state index contributed by atoms with van der Waals surface area (Å²) in [5.74, 6) is 2.99. The molecule has 3 heterocycles. The van der Waals surface area contributed by atoms with E-state index in [2.05, 4.69) is 15.4 Å². The molecule has 6 rings (SSSR count). The second-order valence-electron chi connectivity index (χ2n) is 8.11. The lowest BCUT2D eigenvalue weighted by Crippen LogP contribution is -2.32. The van der Waals surface area contributed by atoms with Gasteiger partial charge in [-0.15, -0.1) is 0 Å². The van der Waals surface area contributed by atoms with Crippen molar-refractivity contribution >= 4 is 11.6 Å². The molecule has 0 aliphatic carbocycles. The zero-order valence-electron chi connectivity index (χ0n) is 18.6. The molecule has 0 fully saturated rings. The third-order valence-corrected chi connectivity index (χ3v) is 6.25. The summed E-state index contributed by atoms with van der Waals surface area (Å²) in [6.45, 7) is 0. The van der Waals surface area contributed by atoms with Gasteiger partial charge in [-0.1, -0.05) is 24.3 Å². The number of phenolic OH excluding ortho intramolecular Hbond substituents is 1. The molecule has 0 saturated carbocycles. The summed E-state index contributed by atoms with van der Waals surface area (Å²) in [6.07, 6.45) is 1.12. The van der Waals surface area contributed by atoms with Gasteiger partial charge in [0, 0.05) is 11.1 Å². The van der Waals surface area contributed by atoms with Crippen molar-refractivity contribution in [2.75, 3.05) is 19.5 Å². The summed E-state index contributed by atoms with van der Waals surface area (Å²) in [4.78, 5) is 4.44. The van der Waals surface area contributed by atoms with Gasteiger partial charge >= 0.3 is 0 Å². The maximum Gasteiger partial charge on any atom is 0.226 e. The molecule has 0 saturated heterocycles. The second kappa shape index (κ2) is 7.84. The highest BCUT2D eigenvalue weighted by Gasteiger charge is 2.41. The average molecular weight is 454 g/mol. The van der Waals surface area contributed by atoms with Crippen LogP contribution in [0.2, 0.25) is 0 Å². The molecule has 34 heavy (non-hydrogen) atoms. The fraction of sp³-hybridized carbons (Fsp3) is 0.154. The standard InChI is InChI=1S/C26H22N4O4/c1-32-18-8-3-15(4-9-18)24-22-23(29-26-27-14-28-30(24)26)20-13-17(31)7-12-21(20)34-25(22)16-5-10-19(33-2)11-6-16/h3-14,24-25,31H,1-2H3,(H,27,28,29). The van der Waals surface area contributed by atoms with Crippen molar-refractivity contribution < 1.29 is 19.3 Å². The SMILES string of the molecule is COc1ccc(C2Oc3ccc(O)cc3C3=C2C(c2ccc(OC)cc2)n2ncnc2N3)cc1. The molecule has 2 atom stereocenters. The maximum absolute atomic E-state index is 10.2. The fourth-order valence-corrected chi connectivity index (χ4v) is 4.62. The molecular formula is C26H22N4O4. The average Bonchev–Trinajstić information content (AvgIpc) is 3.35. The highest BCUT2D eigenvalue weighted by atomic mass is 16.5. The van der Waals surface area contributed by atoms with Crippen molar-refractivity contribution in [3.63, 3.8) is 0 Å².